The first kappa shape index (κ1) is 10.8. The number of alkyl halides is 1. The largest absolute Gasteiger partial charge is 0.356 e. The lowest BCUT2D eigenvalue weighted by Crippen LogP contribution is -2.28. The van der Waals surface area contributed by atoms with Gasteiger partial charge in [-0.2, -0.15) is 0 Å². The fourth-order valence-corrected chi connectivity index (χ4v) is 1.56. The number of carbonyl (C=O) groups is 1. The Bertz CT molecular complexity index is 168. The summed E-state index contributed by atoms with van der Waals surface area (Å²) in [6.45, 7) is 3.05. The van der Waals surface area contributed by atoms with Crippen molar-refractivity contribution in [3.63, 3.8) is 0 Å². The highest BCUT2D eigenvalue weighted by atomic mass is 35.5. The topological polar surface area (TPSA) is 29.1 Å². The maximum atomic E-state index is 11.2. The molecule has 1 saturated carbocycles. The number of hydrogen-bond acceptors (Lipinski definition) is 1. The molecule has 0 bridgehead atoms. The lowest BCUT2D eigenvalue weighted by molar-refractivity contribution is -0.121. The van der Waals surface area contributed by atoms with Gasteiger partial charge >= 0.3 is 0 Å². The summed E-state index contributed by atoms with van der Waals surface area (Å²) in [6, 6.07) is 0. The second kappa shape index (κ2) is 5.48. The van der Waals surface area contributed by atoms with Gasteiger partial charge in [0.05, 0.1) is 0 Å². The van der Waals surface area contributed by atoms with Gasteiger partial charge in [-0.3, -0.25) is 4.79 Å². The Morgan fingerprint density at radius 3 is 2.85 bits per heavy atom. The first-order chi connectivity index (χ1) is 6.24. The molecule has 2 nitrogen and oxygen atoms in total. The molecule has 1 N–H and O–H groups in total. The van der Waals surface area contributed by atoms with Gasteiger partial charge < -0.3 is 5.32 Å². The standard InChI is InChI=1S/C10H18ClNO/c1-8(9-4-5-9)7-12-10(13)3-2-6-11/h8-9H,2-7H2,1H3,(H,12,13). The van der Waals surface area contributed by atoms with Crippen molar-refractivity contribution in [2.75, 3.05) is 12.4 Å². The Morgan fingerprint density at radius 2 is 2.31 bits per heavy atom. The van der Waals surface area contributed by atoms with Gasteiger partial charge in [0.2, 0.25) is 5.91 Å². The molecule has 1 amide bonds. The molecule has 0 aromatic carbocycles. The predicted octanol–water partition coefficient (Wildman–Crippen LogP) is 2.17. The third kappa shape index (κ3) is 4.51. The van der Waals surface area contributed by atoms with Crippen LogP contribution in [-0.4, -0.2) is 18.3 Å². The number of nitrogens with one attached hydrogen (secondary N) is 1. The van der Waals surface area contributed by atoms with Crippen LogP contribution in [0.5, 0.6) is 0 Å². The minimum atomic E-state index is 0.146. The van der Waals surface area contributed by atoms with Crippen LogP contribution in [0.1, 0.15) is 32.6 Å². The summed E-state index contributed by atoms with van der Waals surface area (Å²) in [6.07, 6.45) is 4.05. The highest BCUT2D eigenvalue weighted by Crippen LogP contribution is 2.35. The third-order valence-corrected chi connectivity index (χ3v) is 2.85. The highest BCUT2D eigenvalue weighted by molar-refractivity contribution is 6.17. The highest BCUT2D eigenvalue weighted by Gasteiger charge is 2.27. The van der Waals surface area contributed by atoms with Crippen LogP contribution in [-0.2, 0) is 4.79 Å². The second-order valence-corrected chi connectivity index (χ2v) is 4.29. The third-order valence-electron chi connectivity index (χ3n) is 2.59. The lowest BCUT2D eigenvalue weighted by Gasteiger charge is -2.10. The molecule has 0 saturated heterocycles. The minimum absolute atomic E-state index is 0.146. The lowest BCUT2D eigenvalue weighted by atomic mass is 10.1. The van der Waals surface area contributed by atoms with Crippen molar-refractivity contribution in [3.8, 4) is 0 Å². The number of hydrogen-bond donors (Lipinski definition) is 1. The van der Waals surface area contributed by atoms with Crippen LogP contribution < -0.4 is 5.32 Å². The number of halogens is 1. The summed E-state index contributed by atoms with van der Waals surface area (Å²) in [4.78, 5) is 11.2. The average Bonchev–Trinajstić information content (AvgIpc) is 2.93. The monoisotopic (exact) mass is 203 g/mol. The van der Waals surface area contributed by atoms with Crippen molar-refractivity contribution >= 4 is 17.5 Å². The van der Waals surface area contributed by atoms with E-state index in [2.05, 4.69) is 12.2 Å². The molecule has 3 heteroatoms. The average molecular weight is 204 g/mol. The van der Waals surface area contributed by atoms with Gasteiger partial charge in [0.15, 0.2) is 0 Å². The van der Waals surface area contributed by atoms with E-state index in [1.165, 1.54) is 12.8 Å². The van der Waals surface area contributed by atoms with Crippen LogP contribution in [0.15, 0.2) is 0 Å². The van der Waals surface area contributed by atoms with E-state index >= 15 is 0 Å². The number of carbonyl (C=O) groups excluding carboxylic acids is 1. The Hall–Kier alpha value is -0.240. The number of rotatable bonds is 6. The van der Waals surface area contributed by atoms with Gasteiger partial charge in [-0.1, -0.05) is 6.92 Å². The van der Waals surface area contributed by atoms with Gasteiger partial charge in [0, 0.05) is 18.8 Å². The zero-order valence-corrected chi connectivity index (χ0v) is 8.94. The van der Waals surface area contributed by atoms with Crippen molar-refractivity contribution in [1.82, 2.24) is 5.32 Å². The minimum Gasteiger partial charge on any atom is -0.356 e. The molecular weight excluding hydrogens is 186 g/mol. The zero-order valence-electron chi connectivity index (χ0n) is 8.18. The van der Waals surface area contributed by atoms with Crippen LogP contribution in [0.2, 0.25) is 0 Å². The first-order valence-corrected chi connectivity index (χ1v) is 5.60. The van der Waals surface area contributed by atoms with Crippen molar-refractivity contribution in [3.05, 3.63) is 0 Å². The SMILES string of the molecule is CC(CNC(=O)CCCCl)C1CC1. The van der Waals surface area contributed by atoms with Crippen LogP contribution in [0.25, 0.3) is 0 Å². The van der Waals surface area contributed by atoms with E-state index in [-0.39, 0.29) is 5.91 Å². The van der Waals surface area contributed by atoms with E-state index in [0.29, 0.717) is 18.2 Å². The van der Waals surface area contributed by atoms with Crippen molar-refractivity contribution in [1.29, 1.82) is 0 Å². The molecule has 0 spiro atoms. The predicted molar refractivity (Wildman–Crippen MR) is 54.9 cm³/mol. The summed E-state index contributed by atoms with van der Waals surface area (Å²) in [7, 11) is 0. The van der Waals surface area contributed by atoms with E-state index in [9.17, 15) is 4.79 Å². The molecule has 0 aromatic heterocycles. The van der Waals surface area contributed by atoms with Crippen molar-refractivity contribution in [2.45, 2.75) is 32.6 Å². The van der Waals surface area contributed by atoms with Crippen molar-refractivity contribution in [2.24, 2.45) is 11.8 Å². The second-order valence-electron chi connectivity index (χ2n) is 3.91. The molecule has 1 unspecified atom stereocenters. The molecule has 1 aliphatic carbocycles. The molecular formula is C10H18ClNO. The molecule has 76 valence electrons. The number of amides is 1. The summed E-state index contributed by atoms with van der Waals surface area (Å²) in [5.74, 6) is 2.24. The van der Waals surface area contributed by atoms with Crippen LogP contribution in [0.3, 0.4) is 0 Å². The first-order valence-electron chi connectivity index (χ1n) is 5.06. The summed E-state index contributed by atoms with van der Waals surface area (Å²) in [5.41, 5.74) is 0. The maximum Gasteiger partial charge on any atom is 0.220 e. The smallest absolute Gasteiger partial charge is 0.220 e. The van der Waals surface area contributed by atoms with Crippen molar-refractivity contribution < 1.29 is 4.79 Å². The molecule has 1 rings (SSSR count). The van der Waals surface area contributed by atoms with Crippen LogP contribution in [0, 0.1) is 11.8 Å². The Morgan fingerprint density at radius 1 is 1.62 bits per heavy atom. The molecule has 13 heavy (non-hydrogen) atoms. The fraction of sp³-hybridized carbons (Fsp3) is 0.900. The van der Waals surface area contributed by atoms with Crippen LogP contribution in [0.4, 0.5) is 0 Å². The molecule has 0 radical (unpaired) electrons. The van der Waals surface area contributed by atoms with Gasteiger partial charge in [0.25, 0.3) is 0 Å². The fourth-order valence-electron chi connectivity index (χ4n) is 1.42. The van der Waals surface area contributed by atoms with E-state index < -0.39 is 0 Å². The Balaban J connectivity index is 2.00. The van der Waals surface area contributed by atoms with E-state index in [0.717, 1.165) is 18.9 Å². The van der Waals surface area contributed by atoms with Gasteiger partial charge in [-0.25, -0.2) is 0 Å². The van der Waals surface area contributed by atoms with E-state index in [4.69, 9.17) is 11.6 Å². The molecule has 1 aliphatic rings. The normalized spacial score (nSPS) is 18.3. The molecule has 1 fully saturated rings. The summed E-state index contributed by atoms with van der Waals surface area (Å²) in [5, 5.41) is 2.94. The Kier molecular flexibility index (Phi) is 4.57. The van der Waals surface area contributed by atoms with E-state index in [1.54, 1.807) is 0 Å². The van der Waals surface area contributed by atoms with Crippen LogP contribution >= 0.6 is 11.6 Å². The van der Waals surface area contributed by atoms with E-state index in [1.807, 2.05) is 0 Å². The maximum absolute atomic E-state index is 11.2. The molecule has 0 aliphatic heterocycles. The molecule has 0 aromatic rings. The zero-order chi connectivity index (χ0) is 9.68. The van der Waals surface area contributed by atoms with Gasteiger partial charge in [-0.15, -0.1) is 11.6 Å². The van der Waals surface area contributed by atoms with Gasteiger partial charge in [-0.05, 0) is 31.1 Å². The quantitative estimate of drug-likeness (QED) is 0.659. The molecule has 1 atom stereocenters. The summed E-state index contributed by atoms with van der Waals surface area (Å²) >= 11 is 5.49. The summed E-state index contributed by atoms with van der Waals surface area (Å²) < 4.78 is 0. The molecule has 0 heterocycles. The Labute approximate surface area is 85.0 Å². The van der Waals surface area contributed by atoms with Gasteiger partial charge in [0.1, 0.15) is 0 Å².